The maximum atomic E-state index is 11.9. The van der Waals surface area contributed by atoms with Gasteiger partial charge in [-0.2, -0.15) is 0 Å². The second-order valence-electron chi connectivity index (χ2n) is 8.10. The summed E-state index contributed by atoms with van der Waals surface area (Å²) in [5.74, 6) is 0.571. The Kier molecular flexibility index (Phi) is 6.70. The Hall–Kier alpha value is -1.07. The summed E-state index contributed by atoms with van der Waals surface area (Å²) in [5.41, 5.74) is -0.436. The molecule has 1 fully saturated rings. The molecular weight excluding hydrogens is 320 g/mol. The van der Waals surface area contributed by atoms with Crippen molar-refractivity contribution in [2.75, 3.05) is 0 Å². The average molecular weight is 353 g/mol. The minimum Gasteiger partial charge on any atom is -0.444 e. The zero-order valence-electron chi connectivity index (χ0n) is 15.6. The van der Waals surface area contributed by atoms with Gasteiger partial charge in [-0.25, -0.2) is 4.79 Å². The number of hydrogen-bond acceptors (Lipinski definition) is 4. The summed E-state index contributed by atoms with van der Waals surface area (Å²) in [4.78, 5) is 13.3. The number of carbonyl (C=O) groups is 1. The third kappa shape index (κ3) is 6.10. The molecular formula is C19H32N2O2S. The van der Waals surface area contributed by atoms with Gasteiger partial charge >= 0.3 is 6.09 Å². The maximum absolute atomic E-state index is 11.9. The third-order valence-corrected chi connectivity index (χ3v) is 5.34. The molecule has 136 valence electrons. The summed E-state index contributed by atoms with van der Waals surface area (Å²) >= 11 is 1.83. The van der Waals surface area contributed by atoms with E-state index in [0.29, 0.717) is 18.0 Å². The Bertz CT molecular complexity index is 500. The number of ether oxygens (including phenoxy) is 1. The highest BCUT2D eigenvalue weighted by atomic mass is 32.1. The molecule has 1 unspecified atom stereocenters. The Morgan fingerprint density at radius 1 is 1.21 bits per heavy atom. The standard InChI is InChI=1S/C19H32N2O2S/c1-13(2)17(16-7-6-12-24-16)20-14-8-10-15(11-9-14)21-18(22)23-19(3,4)5/h6-7,12-15,17,20H,8-11H2,1-5H3,(H,21,22). The number of thiophene rings is 1. The van der Waals surface area contributed by atoms with Crippen LogP contribution in [-0.4, -0.2) is 23.8 Å². The van der Waals surface area contributed by atoms with E-state index >= 15 is 0 Å². The van der Waals surface area contributed by atoms with Gasteiger partial charge in [0.25, 0.3) is 0 Å². The molecule has 0 aliphatic heterocycles. The summed E-state index contributed by atoms with van der Waals surface area (Å²) in [6, 6.07) is 5.52. The van der Waals surface area contributed by atoms with E-state index in [0.717, 1.165) is 25.7 Å². The number of nitrogens with one attached hydrogen (secondary N) is 2. The Morgan fingerprint density at radius 2 is 1.83 bits per heavy atom. The van der Waals surface area contributed by atoms with E-state index in [1.54, 1.807) is 0 Å². The van der Waals surface area contributed by atoms with E-state index in [1.807, 2.05) is 32.1 Å². The van der Waals surface area contributed by atoms with Gasteiger partial charge < -0.3 is 15.4 Å². The Balaban J connectivity index is 1.79. The van der Waals surface area contributed by atoms with E-state index in [1.165, 1.54) is 4.88 Å². The van der Waals surface area contributed by atoms with Crippen molar-refractivity contribution in [2.45, 2.75) is 84.0 Å². The van der Waals surface area contributed by atoms with Gasteiger partial charge in [0.15, 0.2) is 0 Å². The second kappa shape index (κ2) is 8.34. The van der Waals surface area contributed by atoms with Crippen LogP contribution in [0.4, 0.5) is 4.79 Å². The lowest BCUT2D eigenvalue weighted by molar-refractivity contribution is 0.0489. The van der Waals surface area contributed by atoms with Crippen LogP contribution in [0.3, 0.4) is 0 Å². The highest BCUT2D eigenvalue weighted by molar-refractivity contribution is 7.10. The second-order valence-corrected chi connectivity index (χ2v) is 9.08. The molecule has 0 saturated heterocycles. The van der Waals surface area contributed by atoms with Crippen molar-refractivity contribution in [1.82, 2.24) is 10.6 Å². The molecule has 24 heavy (non-hydrogen) atoms. The van der Waals surface area contributed by atoms with Gasteiger partial charge in [0.05, 0.1) is 0 Å². The van der Waals surface area contributed by atoms with Crippen LogP contribution in [0.5, 0.6) is 0 Å². The highest BCUT2D eigenvalue weighted by Gasteiger charge is 2.27. The highest BCUT2D eigenvalue weighted by Crippen LogP contribution is 2.29. The van der Waals surface area contributed by atoms with Crippen LogP contribution in [0.25, 0.3) is 0 Å². The molecule has 1 saturated carbocycles. The van der Waals surface area contributed by atoms with Gasteiger partial charge in [-0.3, -0.25) is 0 Å². The van der Waals surface area contributed by atoms with Crippen LogP contribution in [0.2, 0.25) is 0 Å². The van der Waals surface area contributed by atoms with Crippen molar-refractivity contribution in [3.8, 4) is 0 Å². The van der Waals surface area contributed by atoms with Crippen LogP contribution in [0.1, 0.15) is 71.2 Å². The quantitative estimate of drug-likeness (QED) is 0.795. The maximum Gasteiger partial charge on any atom is 0.407 e. The smallest absolute Gasteiger partial charge is 0.407 e. The van der Waals surface area contributed by atoms with Crippen molar-refractivity contribution < 1.29 is 9.53 Å². The first-order valence-corrected chi connectivity index (χ1v) is 9.91. The topological polar surface area (TPSA) is 50.4 Å². The molecule has 0 spiro atoms. The van der Waals surface area contributed by atoms with Gasteiger partial charge in [0.2, 0.25) is 0 Å². The fraction of sp³-hybridized carbons (Fsp3) is 0.737. The van der Waals surface area contributed by atoms with Crippen LogP contribution < -0.4 is 10.6 Å². The number of carbonyl (C=O) groups excluding carboxylic acids is 1. The normalized spacial score (nSPS) is 23.1. The van der Waals surface area contributed by atoms with E-state index in [2.05, 4.69) is 42.0 Å². The molecule has 1 amide bonds. The lowest BCUT2D eigenvalue weighted by Gasteiger charge is -2.34. The molecule has 1 aromatic rings. The summed E-state index contributed by atoms with van der Waals surface area (Å²) in [6.45, 7) is 10.2. The largest absolute Gasteiger partial charge is 0.444 e. The summed E-state index contributed by atoms with van der Waals surface area (Å²) in [5, 5.41) is 9.00. The predicted octanol–water partition coefficient (Wildman–Crippen LogP) is 4.87. The molecule has 1 heterocycles. The first-order valence-electron chi connectivity index (χ1n) is 9.03. The van der Waals surface area contributed by atoms with Crippen LogP contribution >= 0.6 is 11.3 Å². The Labute approximate surface area is 150 Å². The van der Waals surface area contributed by atoms with Crippen LogP contribution in [-0.2, 0) is 4.74 Å². The van der Waals surface area contributed by atoms with Gasteiger partial charge in [0, 0.05) is 23.0 Å². The molecule has 2 rings (SSSR count). The third-order valence-electron chi connectivity index (χ3n) is 4.38. The van der Waals surface area contributed by atoms with E-state index in [9.17, 15) is 4.79 Å². The molecule has 5 heteroatoms. The molecule has 1 atom stereocenters. The fourth-order valence-corrected chi connectivity index (χ4v) is 4.16. The average Bonchev–Trinajstić information content (AvgIpc) is 2.97. The minimum absolute atomic E-state index is 0.233. The lowest BCUT2D eigenvalue weighted by atomic mass is 9.89. The predicted molar refractivity (Wildman–Crippen MR) is 100 cm³/mol. The summed E-state index contributed by atoms with van der Waals surface area (Å²) < 4.78 is 5.35. The van der Waals surface area contributed by atoms with Crippen molar-refractivity contribution in [1.29, 1.82) is 0 Å². The zero-order valence-corrected chi connectivity index (χ0v) is 16.4. The molecule has 1 aliphatic rings. The van der Waals surface area contributed by atoms with Crippen molar-refractivity contribution in [2.24, 2.45) is 5.92 Å². The van der Waals surface area contributed by atoms with E-state index < -0.39 is 5.60 Å². The first-order chi connectivity index (χ1) is 11.2. The van der Waals surface area contributed by atoms with Gasteiger partial charge in [-0.1, -0.05) is 19.9 Å². The molecule has 4 nitrogen and oxygen atoms in total. The van der Waals surface area contributed by atoms with Crippen molar-refractivity contribution in [3.05, 3.63) is 22.4 Å². The fourth-order valence-electron chi connectivity index (χ4n) is 3.20. The van der Waals surface area contributed by atoms with Crippen LogP contribution in [0, 0.1) is 5.92 Å². The van der Waals surface area contributed by atoms with Crippen LogP contribution in [0.15, 0.2) is 17.5 Å². The van der Waals surface area contributed by atoms with Gasteiger partial charge in [-0.05, 0) is 63.8 Å². The first kappa shape index (κ1) is 19.3. The number of rotatable bonds is 5. The SMILES string of the molecule is CC(C)C(NC1CCC(NC(=O)OC(C)(C)C)CC1)c1cccs1. The molecule has 2 N–H and O–H groups in total. The van der Waals surface area contributed by atoms with Crippen molar-refractivity contribution >= 4 is 17.4 Å². The molecule has 1 aromatic heterocycles. The zero-order chi connectivity index (χ0) is 17.7. The summed E-state index contributed by atoms with van der Waals surface area (Å²) in [6.07, 6.45) is 3.90. The number of alkyl carbamates (subject to hydrolysis) is 1. The molecule has 0 radical (unpaired) electrons. The van der Waals surface area contributed by atoms with Gasteiger partial charge in [0.1, 0.15) is 5.60 Å². The number of amides is 1. The monoisotopic (exact) mass is 352 g/mol. The molecule has 0 aromatic carbocycles. The summed E-state index contributed by atoms with van der Waals surface area (Å²) in [7, 11) is 0. The lowest BCUT2D eigenvalue weighted by Crippen LogP contribution is -2.45. The number of hydrogen-bond donors (Lipinski definition) is 2. The molecule has 1 aliphatic carbocycles. The van der Waals surface area contributed by atoms with Gasteiger partial charge in [-0.15, -0.1) is 11.3 Å². The van der Waals surface area contributed by atoms with E-state index in [-0.39, 0.29) is 12.1 Å². The van der Waals surface area contributed by atoms with E-state index in [4.69, 9.17) is 4.74 Å². The van der Waals surface area contributed by atoms with Crippen molar-refractivity contribution in [3.63, 3.8) is 0 Å². The minimum atomic E-state index is -0.436. The molecule has 0 bridgehead atoms. The Morgan fingerprint density at radius 3 is 2.33 bits per heavy atom.